The summed E-state index contributed by atoms with van der Waals surface area (Å²) in [6.45, 7) is 7.47. The summed E-state index contributed by atoms with van der Waals surface area (Å²) < 4.78 is 0. The average molecular weight is 270 g/mol. The van der Waals surface area contributed by atoms with Gasteiger partial charge in [-0.25, -0.2) is 0 Å². The summed E-state index contributed by atoms with van der Waals surface area (Å²) in [5.74, 6) is -0.221. The lowest BCUT2D eigenvalue weighted by Gasteiger charge is -2.14. The van der Waals surface area contributed by atoms with Crippen LogP contribution in [0, 0.1) is 27.7 Å². The Morgan fingerprint density at radius 1 is 1.15 bits per heavy atom. The van der Waals surface area contributed by atoms with E-state index < -0.39 is 0 Å². The molecule has 104 valence electrons. The van der Waals surface area contributed by atoms with Gasteiger partial charge in [0.05, 0.1) is 28.3 Å². The van der Waals surface area contributed by atoms with Gasteiger partial charge in [-0.15, -0.1) is 0 Å². The number of nitrogens with zero attached hydrogens (tertiary/aromatic N) is 2. The normalized spacial score (nSPS) is 10.4. The number of carbonyl (C=O) groups excluding carboxylic acids is 1. The summed E-state index contributed by atoms with van der Waals surface area (Å²) in [5, 5.41) is 10.8. The van der Waals surface area contributed by atoms with Crippen molar-refractivity contribution in [1.29, 1.82) is 0 Å². The smallest absolute Gasteiger partial charge is 0.257 e. The maximum absolute atomic E-state index is 12.4. The number of aryl methyl sites for hydroxylation is 3. The van der Waals surface area contributed by atoms with Crippen LogP contribution < -0.4 is 11.1 Å². The summed E-state index contributed by atoms with van der Waals surface area (Å²) in [5.41, 5.74) is 11.0. The van der Waals surface area contributed by atoms with Crippen molar-refractivity contribution in [1.82, 2.24) is 10.2 Å². The molecule has 1 aromatic carbocycles. The second-order valence-corrected chi connectivity index (χ2v) is 4.91. The highest BCUT2D eigenvalue weighted by Crippen LogP contribution is 2.26. The minimum atomic E-state index is -0.221. The first-order valence-corrected chi connectivity index (χ1v) is 6.38. The summed E-state index contributed by atoms with van der Waals surface area (Å²) in [6, 6.07) is 5.45. The van der Waals surface area contributed by atoms with E-state index in [-0.39, 0.29) is 5.91 Å². The van der Waals surface area contributed by atoms with Gasteiger partial charge in [-0.1, -0.05) is 6.07 Å². The van der Waals surface area contributed by atoms with Gasteiger partial charge in [0.15, 0.2) is 0 Å². The molecule has 0 bridgehead atoms. The Morgan fingerprint density at radius 3 is 2.55 bits per heavy atom. The van der Waals surface area contributed by atoms with E-state index >= 15 is 0 Å². The zero-order valence-corrected chi connectivity index (χ0v) is 12.1. The van der Waals surface area contributed by atoms with Crippen LogP contribution in [-0.4, -0.2) is 16.1 Å². The molecule has 0 aliphatic carbocycles. The number of nitrogen functional groups attached to an aromatic ring is 1. The fourth-order valence-corrected chi connectivity index (χ4v) is 1.96. The molecular weight excluding hydrogens is 252 g/mol. The molecule has 1 aromatic heterocycles. The number of benzene rings is 1. The van der Waals surface area contributed by atoms with Gasteiger partial charge in [-0.05, 0) is 51.0 Å². The Kier molecular flexibility index (Phi) is 3.70. The Labute approximate surface area is 118 Å². The lowest BCUT2D eigenvalue weighted by molar-refractivity contribution is 0.102. The predicted octanol–water partition coefficient (Wildman–Crippen LogP) is 2.54. The molecule has 20 heavy (non-hydrogen) atoms. The zero-order chi connectivity index (χ0) is 14.9. The summed E-state index contributed by atoms with van der Waals surface area (Å²) >= 11 is 0. The van der Waals surface area contributed by atoms with E-state index in [0.29, 0.717) is 28.3 Å². The third-order valence-corrected chi connectivity index (χ3v) is 3.35. The van der Waals surface area contributed by atoms with Crippen LogP contribution in [0.25, 0.3) is 0 Å². The number of nitrogens with two attached hydrogens (primary N) is 1. The van der Waals surface area contributed by atoms with Crippen molar-refractivity contribution in [3.8, 4) is 0 Å². The number of aromatic nitrogens is 2. The Morgan fingerprint density at radius 2 is 1.85 bits per heavy atom. The Hall–Kier alpha value is -2.43. The fourth-order valence-electron chi connectivity index (χ4n) is 1.96. The third-order valence-electron chi connectivity index (χ3n) is 3.35. The van der Waals surface area contributed by atoms with Gasteiger partial charge < -0.3 is 11.1 Å². The van der Waals surface area contributed by atoms with Gasteiger partial charge in [-0.3, -0.25) is 4.79 Å². The highest BCUT2D eigenvalue weighted by atomic mass is 16.1. The van der Waals surface area contributed by atoms with E-state index in [1.165, 1.54) is 0 Å². The number of hydrogen-bond donors (Lipinski definition) is 2. The quantitative estimate of drug-likeness (QED) is 0.822. The molecule has 0 radical (unpaired) electrons. The van der Waals surface area contributed by atoms with E-state index in [4.69, 9.17) is 5.73 Å². The number of hydrogen-bond acceptors (Lipinski definition) is 4. The second kappa shape index (κ2) is 5.28. The van der Waals surface area contributed by atoms with Crippen molar-refractivity contribution in [2.45, 2.75) is 27.7 Å². The van der Waals surface area contributed by atoms with Crippen LogP contribution in [-0.2, 0) is 0 Å². The molecule has 0 unspecified atom stereocenters. The molecule has 2 rings (SSSR count). The average Bonchev–Trinajstić information content (AvgIpc) is 2.41. The van der Waals surface area contributed by atoms with E-state index in [0.717, 1.165) is 11.1 Å². The summed E-state index contributed by atoms with van der Waals surface area (Å²) in [4.78, 5) is 12.4. The molecule has 0 saturated heterocycles. The highest BCUT2D eigenvalue weighted by Gasteiger charge is 2.14. The number of anilines is 2. The molecule has 1 heterocycles. The number of rotatable bonds is 2. The van der Waals surface area contributed by atoms with Gasteiger partial charge >= 0.3 is 0 Å². The Balaban J connectivity index is 2.38. The van der Waals surface area contributed by atoms with Crippen molar-refractivity contribution >= 4 is 17.3 Å². The number of nitrogens with one attached hydrogen (secondary N) is 1. The second-order valence-electron chi connectivity index (χ2n) is 4.91. The first kappa shape index (κ1) is 14.0. The molecule has 0 aliphatic heterocycles. The Bertz CT molecular complexity index is 680. The van der Waals surface area contributed by atoms with Crippen molar-refractivity contribution < 1.29 is 4.79 Å². The minimum Gasteiger partial charge on any atom is -0.397 e. The van der Waals surface area contributed by atoms with Gasteiger partial charge in [0.25, 0.3) is 5.91 Å². The maximum atomic E-state index is 12.4. The van der Waals surface area contributed by atoms with E-state index in [1.54, 1.807) is 26.0 Å². The van der Waals surface area contributed by atoms with Gasteiger partial charge in [0, 0.05) is 0 Å². The first-order valence-electron chi connectivity index (χ1n) is 6.38. The van der Waals surface area contributed by atoms with Crippen LogP contribution in [0.1, 0.15) is 32.9 Å². The minimum absolute atomic E-state index is 0.221. The van der Waals surface area contributed by atoms with Crippen LogP contribution in [0.4, 0.5) is 11.4 Å². The van der Waals surface area contributed by atoms with Crippen molar-refractivity contribution in [3.05, 3.63) is 46.3 Å². The molecule has 0 saturated carbocycles. The summed E-state index contributed by atoms with van der Waals surface area (Å²) in [7, 11) is 0. The van der Waals surface area contributed by atoms with Gasteiger partial charge in [-0.2, -0.15) is 10.2 Å². The summed E-state index contributed by atoms with van der Waals surface area (Å²) in [6.07, 6.45) is 0. The molecule has 3 N–H and O–H groups in total. The van der Waals surface area contributed by atoms with Crippen LogP contribution in [0.15, 0.2) is 18.2 Å². The SMILES string of the molecule is Cc1cc(C(=O)Nc2c(N)ccc(C)c2C)c(C)nn1. The third kappa shape index (κ3) is 2.61. The molecule has 5 nitrogen and oxygen atoms in total. The van der Waals surface area contributed by atoms with Gasteiger partial charge in [0.1, 0.15) is 0 Å². The van der Waals surface area contributed by atoms with Crippen molar-refractivity contribution in [2.75, 3.05) is 11.1 Å². The maximum Gasteiger partial charge on any atom is 0.257 e. The fraction of sp³-hybridized carbons (Fsp3) is 0.267. The van der Waals surface area contributed by atoms with Gasteiger partial charge in [0.2, 0.25) is 0 Å². The molecule has 5 heteroatoms. The standard InChI is InChI=1S/C15H18N4O/c1-8-5-6-13(16)14(10(8)3)17-15(20)12-7-9(2)18-19-11(12)4/h5-7H,16H2,1-4H3,(H,17,20). The lowest BCUT2D eigenvalue weighted by atomic mass is 10.1. The lowest BCUT2D eigenvalue weighted by Crippen LogP contribution is -2.17. The molecule has 0 atom stereocenters. The predicted molar refractivity (Wildman–Crippen MR) is 79.8 cm³/mol. The number of carbonyl (C=O) groups is 1. The monoisotopic (exact) mass is 270 g/mol. The van der Waals surface area contributed by atoms with Crippen molar-refractivity contribution in [3.63, 3.8) is 0 Å². The largest absolute Gasteiger partial charge is 0.397 e. The highest BCUT2D eigenvalue weighted by molar-refractivity contribution is 6.07. The van der Waals surface area contributed by atoms with E-state index in [2.05, 4.69) is 15.5 Å². The van der Waals surface area contributed by atoms with E-state index in [9.17, 15) is 4.79 Å². The zero-order valence-electron chi connectivity index (χ0n) is 12.1. The van der Waals surface area contributed by atoms with Crippen LogP contribution >= 0.6 is 0 Å². The molecule has 0 spiro atoms. The molecule has 0 fully saturated rings. The van der Waals surface area contributed by atoms with E-state index in [1.807, 2.05) is 19.9 Å². The van der Waals surface area contributed by atoms with Crippen LogP contribution in [0.2, 0.25) is 0 Å². The first-order chi connectivity index (χ1) is 9.40. The molecule has 1 amide bonds. The molecule has 0 aliphatic rings. The number of amides is 1. The van der Waals surface area contributed by atoms with Crippen LogP contribution in [0.5, 0.6) is 0 Å². The van der Waals surface area contributed by atoms with Crippen LogP contribution in [0.3, 0.4) is 0 Å². The molecule has 2 aromatic rings. The topological polar surface area (TPSA) is 80.9 Å². The van der Waals surface area contributed by atoms with Crippen molar-refractivity contribution in [2.24, 2.45) is 0 Å². The molecular formula is C15H18N4O.